The lowest BCUT2D eigenvalue weighted by Gasteiger charge is -2.05. The molecule has 1 aromatic heterocycles. The lowest BCUT2D eigenvalue weighted by atomic mass is 10.3. The van der Waals surface area contributed by atoms with Crippen LogP contribution in [-0.4, -0.2) is 13.4 Å². The van der Waals surface area contributed by atoms with E-state index in [9.17, 15) is 21.6 Å². The van der Waals surface area contributed by atoms with Crippen LogP contribution in [0.3, 0.4) is 0 Å². The number of aromatic nitrogens is 1. The van der Waals surface area contributed by atoms with Crippen molar-refractivity contribution in [3.63, 3.8) is 0 Å². The number of hydrogen-bond acceptors (Lipinski definition) is 3. The maximum Gasteiger partial charge on any atom is 0.269 e. The van der Waals surface area contributed by atoms with Crippen LogP contribution < -0.4 is 5.14 Å². The zero-order valence-corrected chi connectivity index (χ0v) is 8.49. The molecular weight excluding hydrogens is 257 g/mol. The van der Waals surface area contributed by atoms with Crippen molar-refractivity contribution in [2.75, 3.05) is 0 Å². The zero-order chi connectivity index (χ0) is 11.8. The average Bonchev–Trinajstić information content (AvgIpc) is 1.99. The largest absolute Gasteiger partial charge is 0.269 e. The maximum absolute atomic E-state index is 12.9. The van der Waals surface area contributed by atoms with E-state index in [1.807, 2.05) is 0 Å². The normalized spacial score (nSPS) is 12.1. The summed E-state index contributed by atoms with van der Waals surface area (Å²) in [5.74, 6) is -1.65. The van der Waals surface area contributed by atoms with Gasteiger partial charge >= 0.3 is 0 Å². The zero-order valence-electron chi connectivity index (χ0n) is 6.92. The summed E-state index contributed by atoms with van der Waals surface area (Å²) in [5, 5.41) is 2.99. The fourth-order valence-corrected chi connectivity index (χ4v) is 1.63. The first-order chi connectivity index (χ1) is 6.73. The second kappa shape index (κ2) is 3.95. The van der Waals surface area contributed by atoms with E-state index in [0.717, 1.165) is 0 Å². The van der Waals surface area contributed by atoms with Crippen LogP contribution in [0.4, 0.5) is 13.2 Å². The summed E-state index contributed by atoms with van der Waals surface area (Å²) >= 11 is 5.26. The highest BCUT2D eigenvalue weighted by Crippen LogP contribution is 2.29. The third-order valence-electron chi connectivity index (χ3n) is 1.45. The van der Waals surface area contributed by atoms with Crippen LogP contribution in [0.25, 0.3) is 0 Å². The molecule has 1 heterocycles. The van der Waals surface area contributed by atoms with Gasteiger partial charge in [-0.2, -0.15) is 4.39 Å². The summed E-state index contributed by atoms with van der Waals surface area (Å²) in [6.07, 6.45) is -3.18. The van der Waals surface area contributed by atoms with E-state index in [1.165, 1.54) is 0 Å². The predicted molar refractivity (Wildman–Crippen MR) is 45.5 cm³/mol. The van der Waals surface area contributed by atoms with Gasteiger partial charge in [0.2, 0.25) is 5.95 Å². The molecule has 0 amide bonds. The Hall–Kier alpha value is -0.860. The molecule has 0 saturated carbocycles. The number of sulfonamides is 1. The average molecular weight is 261 g/mol. The summed E-state index contributed by atoms with van der Waals surface area (Å²) in [6.45, 7) is 0. The number of primary sulfonamides is 1. The van der Waals surface area contributed by atoms with E-state index in [-0.39, 0.29) is 0 Å². The van der Waals surface area contributed by atoms with Crippen molar-refractivity contribution < 1.29 is 21.6 Å². The molecule has 84 valence electrons. The van der Waals surface area contributed by atoms with Gasteiger partial charge in [0, 0.05) is 0 Å². The highest BCUT2D eigenvalue weighted by atomic mass is 35.5. The lowest BCUT2D eigenvalue weighted by molar-refractivity contribution is 0.145. The van der Waals surface area contributed by atoms with Crippen LogP contribution in [0.15, 0.2) is 11.1 Å². The number of nitrogens with zero attached hydrogens (tertiary/aromatic N) is 1. The maximum atomic E-state index is 12.9. The van der Waals surface area contributed by atoms with E-state index >= 15 is 0 Å². The summed E-state index contributed by atoms with van der Waals surface area (Å²) < 4.78 is 58.7. The molecule has 0 atom stereocenters. The Morgan fingerprint density at radius 2 is 2.00 bits per heavy atom. The van der Waals surface area contributed by atoms with Gasteiger partial charge < -0.3 is 0 Å². The van der Waals surface area contributed by atoms with E-state index < -0.39 is 38.0 Å². The summed E-state index contributed by atoms with van der Waals surface area (Å²) in [5.41, 5.74) is -1.15. The molecule has 0 saturated heterocycles. The highest BCUT2D eigenvalue weighted by Gasteiger charge is 2.23. The Labute approximate surface area is 87.9 Å². The monoisotopic (exact) mass is 260 g/mol. The molecule has 0 aliphatic carbocycles. The first-order valence-corrected chi connectivity index (χ1v) is 5.33. The second-order valence-electron chi connectivity index (χ2n) is 2.49. The molecule has 9 heteroatoms. The molecule has 1 rings (SSSR count). The van der Waals surface area contributed by atoms with Crippen LogP contribution >= 0.6 is 11.6 Å². The Kier molecular flexibility index (Phi) is 3.22. The van der Waals surface area contributed by atoms with E-state index in [2.05, 4.69) is 10.1 Å². The number of pyridine rings is 1. The van der Waals surface area contributed by atoms with Crippen molar-refractivity contribution in [2.45, 2.75) is 11.5 Å². The minimum Gasteiger partial charge on any atom is -0.223 e. The number of rotatable bonds is 2. The SMILES string of the molecule is NS(=O)(=O)c1cc(Cl)c(C(F)F)c(F)n1. The molecular formula is C6H4ClF3N2O2S. The Morgan fingerprint density at radius 1 is 1.47 bits per heavy atom. The molecule has 2 N–H and O–H groups in total. The standard InChI is InChI=1S/C6H4ClF3N2O2S/c7-2-1-3(15(11,13)14)12-6(10)4(2)5(8)9/h1,5H,(H2,11,13,14). The fourth-order valence-electron chi connectivity index (χ4n) is 0.814. The van der Waals surface area contributed by atoms with Gasteiger partial charge in [-0.25, -0.2) is 27.3 Å². The van der Waals surface area contributed by atoms with Gasteiger partial charge in [0.25, 0.3) is 16.4 Å². The second-order valence-corrected chi connectivity index (χ2v) is 4.41. The molecule has 0 bridgehead atoms. The minimum absolute atomic E-state index is 0.571. The third kappa shape index (κ3) is 2.58. The highest BCUT2D eigenvalue weighted by molar-refractivity contribution is 7.89. The van der Waals surface area contributed by atoms with Gasteiger partial charge in [-0.05, 0) is 6.07 Å². The van der Waals surface area contributed by atoms with Crippen molar-refractivity contribution in [1.82, 2.24) is 4.98 Å². The molecule has 0 unspecified atom stereocenters. The van der Waals surface area contributed by atoms with Gasteiger partial charge in [-0.1, -0.05) is 11.6 Å². The summed E-state index contributed by atoms with van der Waals surface area (Å²) in [7, 11) is -4.27. The third-order valence-corrected chi connectivity index (χ3v) is 2.55. The number of halogens is 4. The van der Waals surface area contributed by atoms with E-state index in [0.29, 0.717) is 6.07 Å². The van der Waals surface area contributed by atoms with Crippen molar-refractivity contribution in [3.05, 3.63) is 22.6 Å². The van der Waals surface area contributed by atoms with Gasteiger partial charge in [0.1, 0.15) is 0 Å². The topological polar surface area (TPSA) is 73.1 Å². The van der Waals surface area contributed by atoms with Crippen molar-refractivity contribution in [2.24, 2.45) is 5.14 Å². The first kappa shape index (κ1) is 12.2. The molecule has 0 aliphatic rings. The van der Waals surface area contributed by atoms with Gasteiger partial charge in [0.15, 0.2) is 5.03 Å². The number of nitrogens with two attached hydrogens (primary N) is 1. The molecule has 15 heavy (non-hydrogen) atoms. The van der Waals surface area contributed by atoms with Crippen LogP contribution in [0.1, 0.15) is 12.0 Å². The molecule has 4 nitrogen and oxygen atoms in total. The number of alkyl halides is 2. The first-order valence-electron chi connectivity index (χ1n) is 3.40. The predicted octanol–water partition coefficient (Wildman–Crippen LogP) is 1.46. The Morgan fingerprint density at radius 3 is 2.33 bits per heavy atom. The van der Waals surface area contributed by atoms with Crippen molar-refractivity contribution >= 4 is 21.6 Å². The van der Waals surface area contributed by atoms with Crippen LogP contribution in [-0.2, 0) is 10.0 Å². The van der Waals surface area contributed by atoms with Gasteiger partial charge in [-0.15, -0.1) is 0 Å². The van der Waals surface area contributed by atoms with Gasteiger partial charge in [0.05, 0.1) is 10.6 Å². The molecule has 0 radical (unpaired) electrons. The van der Waals surface area contributed by atoms with Crippen LogP contribution in [0.5, 0.6) is 0 Å². The minimum atomic E-state index is -4.27. The molecule has 1 aromatic rings. The van der Waals surface area contributed by atoms with E-state index in [1.54, 1.807) is 0 Å². The Balaban J connectivity index is 3.45. The molecule has 0 aromatic carbocycles. The fraction of sp³-hybridized carbons (Fsp3) is 0.167. The van der Waals surface area contributed by atoms with Crippen molar-refractivity contribution in [1.29, 1.82) is 0 Å². The van der Waals surface area contributed by atoms with Crippen LogP contribution in [0.2, 0.25) is 5.02 Å². The molecule has 0 spiro atoms. The molecule has 0 aliphatic heterocycles. The van der Waals surface area contributed by atoms with Crippen LogP contribution in [0, 0.1) is 5.95 Å². The molecule has 0 fully saturated rings. The van der Waals surface area contributed by atoms with Gasteiger partial charge in [-0.3, -0.25) is 0 Å². The summed E-state index contributed by atoms with van der Waals surface area (Å²) in [4.78, 5) is 2.78. The lowest BCUT2D eigenvalue weighted by Crippen LogP contribution is -2.15. The van der Waals surface area contributed by atoms with Crippen molar-refractivity contribution in [3.8, 4) is 0 Å². The van der Waals surface area contributed by atoms with E-state index in [4.69, 9.17) is 11.6 Å². The quantitative estimate of drug-likeness (QED) is 0.818. The smallest absolute Gasteiger partial charge is 0.223 e. The number of hydrogen-bond donors (Lipinski definition) is 1. The Bertz CT molecular complexity index is 468. The summed E-state index contributed by atoms with van der Waals surface area (Å²) in [6, 6.07) is 0.571.